The largest absolute Gasteiger partial charge is 0.470 e. The van der Waals surface area contributed by atoms with Crippen molar-refractivity contribution >= 4 is 17.7 Å². The molecular formula is C10H11ClFN3O3. The summed E-state index contributed by atoms with van der Waals surface area (Å²) >= 11 is 5.63. The highest BCUT2D eigenvalue weighted by molar-refractivity contribution is 6.29. The number of amides is 1. The fourth-order valence-corrected chi connectivity index (χ4v) is 1.87. The van der Waals surface area contributed by atoms with Crippen LogP contribution in [0.5, 0.6) is 5.88 Å². The van der Waals surface area contributed by atoms with Crippen LogP contribution in [0.2, 0.25) is 5.15 Å². The fourth-order valence-electron chi connectivity index (χ4n) is 1.73. The van der Waals surface area contributed by atoms with Crippen molar-refractivity contribution in [1.82, 2.24) is 14.9 Å². The van der Waals surface area contributed by atoms with Crippen LogP contribution in [0.15, 0.2) is 12.4 Å². The quantitative estimate of drug-likeness (QED) is 0.887. The normalized spacial score (nSPS) is 23.8. The highest BCUT2D eigenvalue weighted by Crippen LogP contribution is 2.20. The topological polar surface area (TPSA) is 75.5 Å². The molecule has 0 aliphatic carbocycles. The average Bonchev–Trinajstić information content (AvgIpc) is 2.31. The van der Waals surface area contributed by atoms with Gasteiger partial charge in [0.05, 0.1) is 18.9 Å². The van der Waals surface area contributed by atoms with E-state index in [9.17, 15) is 9.18 Å². The third-order valence-electron chi connectivity index (χ3n) is 2.61. The first-order valence-corrected chi connectivity index (χ1v) is 5.70. The molecule has 6 nitrogen and oxygen atoms in total. The number of hydrogen-bond acceptors (Lipinski definition) is 4. The van der Waals surface area contributed by atoms with Gasteiger partial charge >= 0.3 is 6.09 Å². The maximum Gasteiger partial charge on any atom is 0.407 e. The number of carbonyl (C=O) groups is 1. The van der Waals surface area contributed by atoms with Gasteiger partial charge in [0.15, 0.2) is 11.3 Å². The third kappa shape index (κ3) is 2.98. The molecule has 1 N–H and O–H groups in total. The summed E-state index contributed by atoms with van der Waals surface area (Å²) in [5, 5.41) is 8.91. The molecule has 1 fully saturated rings. The third-order valence-corrected chi connectivity index (χ3v) is 2.79. The van der Waals surface area contributed by atoms with Gasteiger partial charge in [-0.1, -0.05) is 11.6 Å². The molecule has 1 aromatic rings. The summed E-state index contributed by atoms with van der Waals surface area (Å²) in [5.74, 6) is 0.138. The van der Waals surface area contributed by atoms with Crippen LogP contribution in [0.1, 0.15) is 6.42 Å². The number of halogens is 2. The van der Waals surface area contributed by atoms with Crippen molar-refractivity contribution < 1.29 is 19.0 Å². The number of alkyl halides is 1. The summed E-state index contributed by atoms with van der Waals surface area (Å²) in [5.41, 5.74) is 0. The van der Waals surface area contributed by atoms with Gasteiger partial charge in [-0.25, -0.2) is 9.18 Å². The van der Waals surface area contributed by atoms with Crippen molar-refractivity contribution in [3.8, 4) is 5.88 Å². The van der Waals surface area contributed by atoms with E-state index in [1.165, 1.54) is 12.4 Å². The van der Waals surface area contributed by atoms with Crippen LogP contribution < -0.4 is 4.74 Å². The maximum atomic E-state index is 13.7. The summed E-state index contributed by atoms with van der Waals surface area (Å²) in [6.45, 7) is 0.0302. The van der Waals surface area contributed by atoms with E-state index in [4.69, 9.17) is 21.4 Å². The average molecular weight is 276 g/mol. The van der Waals surface area contributed by atoms with Gasteiger partial charge in [-0.05, 0) is 0 Å². The second kappa shape index (κ2) is 5.34. The first-order valence-electron chi connectivity index (χ1n) is 5.32. The molecule has 2 heterocycles. The molecule has 0 aromatic carbocycles. The van der Waals surface area contributed by atoms with Gasteiger partial charge in [-0.2, -0.15) is 4.98 Å². The van der Waals surface area contributed by atoms with Gasteiger partial charge in [0.1, 0.15) is 6.10 Å². The number of hydrogen-bond donors (Lipinski definition) is 1. The predicted octanol–water partition coefficient (Wildman–Crippen LogP) is 1.60. The molecule has 1 aromatic heterocycles. The number of ether oxygens (including phenoxy) is 1. The lowest BCUT2D eigenvalue weighted by molar-refractivity contribution is 0.0224. The van der Waals surface area contributed by atoms with Crippen LogP contribution in [0.25, 0.3) is 0 Å². The van der Waals surface area contributed by atoms with Crippen molar-refractivity contribution in [2.24, 2.45) is 0 Å². The molecule has 0 spiro atoms. The summed E-state index contributed by atoms with van der Waals surface area (Å²) in [6, 6.07) is 0. The van der Waals surface area contributed by atoms with E-state index in [2.05, 4.69) is 9.97 Å². The minimum atomic E-state index is -1.39. The molecule has 2 rings (SSSR count). The van der Waals surface area contributed by atoms with Gasteiger partial charge in [-0.15, -0.1) is 0 Å². The Balaban J connectivity index is 1.97. The molecule has 1 aliphatic heterocycles. The minimum Gasteiger partial charge on any atom is -0.470 e. The van der Waals surface area contributed by atoms with Gasteiger partial charge in [0, 0.05) is 13.0 Å². The molecule has 0 bridgehead atoms. The zero-order valence-corrected chi connectivity index (χ0v) is 10.0. The molecule has 1 amide bonds. The summed E-state index contributed by atoms with van der Waals surface area (Å²) < 4.78 is 19.1. The van der Waals surface area contributed by atoms with Crippen molar-refractivity contribution in [1.29, 1.82) is 0 Å². The van der Waals surface area contributed by atoms with Gasteiger partial charge < -0.3 is 14.7 Å². The van der Waals surface area contributed by atoms with E-state index >= 15 is 0 Å². The molecule has 2 unspecified atom stereocenters. The van der Waals surface area contributed by atoms with E-state index < -0.39 is 18.4 Å². The fraction of sp³-hybridized carbons (Fsp3) is 0.500. The Morgan fingerprint density at radius 3 is 3.00 bits per heavy atom. The van der Waals surface area contributed by atoms with Crippen molar-refractivity contribution in [3.05, 3.63) is 17.5 Å². The molecule has 1 saturated heterocycles. The second-order valence-corrected chi connectivity index (χ2v) is 4.26. The predicted molar refractivity (Wildman–Crippen MR) is 60.6 cm³/mol. The lowest BCUT2D eigenvalue weighted by Gasteiger charge is -2.32. The number of aromatic nitrogens is 2. The maximum absolute atomic E-state index is 13.7. The Morgan fingerprint density at radius 2 is 2.39 bits per heavy atom. The Hall–Kier alpha value is -1.63. The zero-order valence-electron chi connectivity index (χ0n) is 9.29. The van der Waals surface area contributed by atoms with E-state index in [0.29, 0.717) is 0 Å². The highest BCUT2D eigenvalue weighted by atomic mass is 35.5. The highest BCUT2D eigenvalue weighted by Gasteiger charge is 2.33. The molecule has 0 radical (unpaired) electrons. The van der Waals surface area contributed by atoms with Gasteiger partial charge in [-0.3, -0.25) is 4.98 Å². The molecule has 98 valence electrons. The van der Waals surface area contributed by atoms with E-state index in [1.54, 1.807) is 0 Å². The summed E-state index contributed by atoms with van der Waals surface area (Å²) in [4.78, 5) is 19.3. The Kier molecular flexibility index (Phi) is 3.81. The first kappa shape index (κ1) is 12.8. The van der Waals surface area contributed by atoms with Crippen LogP contribution in [0.4, 0.5) is 9.18 Å². The molecule has 2 atom stereocenters. The van der Waals surface area contributed by atoms with Crippen LogP contribution in [0.3, 0.4) is 0 Å². The number of carboxylic acid groups (broad SMARTS) is 1. The zero-order chi connectivity index (χ0) is 13.1. The molecule has 1 aliphatic rings. The SMILES string of the molecule is O=C(O)N1CCC(Oc2cncc(Cl)n2)C(F)C1. The van der Waals surface area contributed by atoms with E-state index in [-0.39, 0.29) is 30.5 Å². The van der Waals surface area contributed by atoms with Crippen LogP contribution >= 0.6 is 11.6 Å². The molecule has 0 saturated carbocycles. The van der Waals surface area contributed by atoms with Gasteiger partial charge in [0.2, 0.25) is 5.88 Å². The van der Waals surface area contributed by atoms with E-state index in [1.807, 2.05) is 0 Å². The number of likely N-dealkylation sites (tertiary alicyclic amines) is 1. The van der Waals surface area contributed by atoms with Crippen LogP contribution in [-0.2, 0) is 0 Å². The Labute approximate surface area is 107 Å². The van der Waals surface area contributed by atoms with Crippen molar-refractivity contribution in [3.63, 3.8) is 0 Å². The second-order valence-electron chi connectivity index (χ2n) is 3.87. The Bertz CT molecular complexity index is 448. The summed E-state index contributed by atoms with van der Waals surface area (Å²) in [7, 11) is 0. The lowest BCUT2D eigenvalue weighted by Crippen LogP contribution is -2.48. The number of piperidine rings is 1. The lowest BCUT2D eigenvalue weighted by atomic mass is 10.1. The van der Waals surface area contributed by atoms with Crippen LogP contribution in [0, 0.1) is 0 Å². The number of rotatable bonds is 2. The molecular weight excluding hydrogens is 265 g/mol. The Morgan fingerprint density at radius 1 is 1.61 bits per heavy atom. The summed E-state index contributed by atoms with van der Waals surface area (Å²) in [6.07, 6.45) is -0.305. The first-order chi connectivity index (χ1) is 8.56. The standard InChI is InChI=1S/C10H11ClFN3O3/c11-8-3-13-4-9(14-8)18-7-1-2-15(10(16)17)5-6(7)12/h3-4,6-7H,1-2,5H2,(H,16,17). The van der Waals surface area contributed by atoms with Crippen LogP contribution in [-0.4, -0.2) is 51.4 Å². The molecule has 8 heteroatoms. The van der Waals surface area contributed by atoms with Gasteiger partial charge in [0.25, 0.3) is 0 Å². The minimum absolute atomic E-state index is 0.138. The van der Waals surface area contributed by atoms with E-state index in [0.717, 1.165) is 4.90 Å². The molecule has 18 heavy (non-hydrogen) atoms. The van der Waals surface area contributed by atoms with Crippen molar-refractivity contribution in [2.45, 2.75) is 18.7 Å². The smallest absolute Gasteiger partial charge is 0.407 e. The monoisotopic (exact) mass is 275 g/mol. The number of nitrogens with zero attached hydrogens (tertiary/aromatic N) is 3. The van der Waals surface area contributed by atoms with Crippen molar-refractivity contribution in [2.75, 3.05) is 13.1 Å².